The molecule has 5 atom stereocenters. The summed E-state index contributed by atoms with van der Waals surface area (Å²) in [5.74, 6) is -0.295. The topological polar surface area (TPSA) is 93.2 Å². The number of carbonyl (C=O) groups excluding carboxylic acids is 4. The number of rotatable bonds is 5. The number of benzene rings is 2. The molecule has 4 aliphatic rings. The Bertz CT molecular complexity index is 1200. The Balaban J connectivity index is 1.13. The maximum Gasteiger partial charge on any atom is 0.316 e. The highest BCUT2D eigenvalue weighted by molar-refractivity contribution is 6.22. The Morgan fingerprint density at radius 2 is 1.57 bits per heavy atom. The molecule has 35 heavy (non-hydrogen) atoms. The number of anilines is 2. The quantitative estimate of drug-likeness (QED) is 0.375. The fraction of sp³-hybridized carbons (Fsp3) is 0.407. The average molecular weight is 475 g/mol. The minimum Gasteiger partial charge on any atom is -0.495 e. The molecule has 0 spiro atoms. The van der Waals surface area contributed by atoms with E-state index >= 15 is 0 Å². The Hall–Kier alpha value is -3.68. The molecular weight excluding hydrogens is 448 g/mol. The molecule has 0 aromatic heterocycles. The Labute approximate surface area is 202 Å². The molecule has 6 rings (SSSR count). The first-order valence-corrected chi connectivity index (χ1v) is 12.1. The second-order valence-electron chi connectivity index (χ2n) is 9.89. The van der Waals surface area contributed by atoms with E-state index in [1.807, 2.05) is 12.1 Å². The number of esters is 1. The monoisotopic (exact) mass is 474 g/mol. The van der Waals surface area contributed by atoms with Crippen molar-refractivity contribution < 1.29 is 28.7 Å². The van der Waals surface area contributed by atoms with E-state index in [2.05, 4.69) is 0 Å². The van der Waals surface area contributed by atoms with Crippen molar-refractivity contribution in [2.24, 2.45) is 29.6 Å². The lowest BCUT2D eigenvalue weighted by atomic mass is 9.81. The number of nitrogens with zero attached hydrogens (tertiary/aromatic N) is 2. The first-order chi connectivity index (χ1) is 17.0. The van der Waals surface area contributed by atoms with E-state index in [9.17, 15) is 19.2 Å². The number of carbonyl (C=O) groups is 4. The maximum atomic E-state index is 13.0. The van der Waals surface area contributed by atoms with E-state index in [4.69, 9.17) is 9.47 Å². The third kappa shape index (κ3) is 3.42. The summed E-state index contributed by atoms with van der Waals surface area (Å²) in [5, 5.41) is 0. The third-order valence-electron chi connectivity index (χ3n) is 8.08. The zero-order valence-electron chi connectivity index (χ0n) is 19.4. The van der Waals surface area contributed by atoms with Gasteiger partial charge in [0, 0.05) is 13.0 Å². The number of imide groups is 1. The fourth-order valence-electron chi connectivity index (χ4n) is 6.48. The predicted molar refractivity (Wildman–Crippen MR) is 126 cm³/mol. The van der Waals surface area contributed by atoms with Crippen LogP contribution in [0.15, 0.2) is 48.5 Å². The standard InChI is InChI=1S/C27H26N2O6/c1-34-21-5-3-2-4-20(21)28-14-17(13-22(28)30)27(33)35-19-10-8-18(9-11-19)29-25(31)23-15-6-7-16(12-15)24(23)26(29)32/h2-5,8-11,15-17,23-24H,6-7,12-14H2,1H3/t15-,16-,17-,23-,24+/m0/s1. The molecule has 4 fully saturated rings. The lowest BCUT2D eigenvalue weighted by Crippen LogP contribution is -2.32. The zero-order valence-corrected chi connectivity index (χ0v) is 19.4. The summed E-state index contributed by atoms with van der Waals surface area (Å²) in [4.78, 5) is 54.3. The summed E-state index contributed by atoms with van der Waals surface area (Å²) >= 11 is 0. The van der Waals surface area contributed by atoms with Crippen molar-refractivity contribution in [2.45, 2.75) is 25.7 Å². The predicted octanol–water partition coefficient (Wildman–Crippen LogP) is 3.19. The Morgan fingerprint density at radius 3 is 2.23 bits per heavy atom. The van der Waals surface area contributed by atoms with Crippen molar-refractivity contribution in [1.29, 1.82) is 0 Å². The molecule has 2 aromatic rings. The minimum atomic E-state index is -0.608. The smallest absolute Gasteiger partial charge is 0.316 e. The molecule has 3 amide bonds. The highest BCUT2D eigenvalue weighted by Gasteiger charge is 2.61. The van der Waals surface area contributed by atoms with Gasteiger partial charge in [0.2, 0.25) is 17.7 Å². The molecule has 2 saturated heterocycles. The molecule has 0 unspecified atom stereocenters. The summed E-state index contributed by atoms with van der Waals surface area (Å²) < 4.78 is 10.9. The van der Waals surface area contributed by atoms with E-state index in [0.29, 0.717) is 34.7 Å². The summed E-state index contributed by atoms with van der Waals surface area (Å²) in [5.41, 5.74) is 1.13. The van der Waals surface area contributed by atoms with E-state index in [1.165, 1.54) is 12.0 Å². The van der Waals surface area contributed by atoms with E-state index in [-0.39, 0.29) is 42.5 Å². The fourth-order valence-corrected chi connectivity index (χ4v) is 6.48. The van der Waals surface area contributed by atoms with Crippen molar-refractivity contribution in [3.63, 3.8) is 0 Å². The SMILES string of the molecule is COc1ccccc1N1C[C@@H](C(=O)Oc2ccc(N3C(=O)[C@@H]4[C@H]5CC[C@@H](C5)[C@@H]4C3=O)cc2)CC1=O. The number of fused-ring (bicyclic) bond motifs is 5. The zero-order chi connectivity index (χ0) is 24.3. The van der Waals surface area contributed by atoms with Crippen LogP contribution in [-0.2, 0) is 19.2 Å². The van der Waals surface area contributed by atoms with Gasteiger partial charge in [-0.25, -0.2) is 0 Å². The van der Waals surface area contributed by atoms with Crippen LogP contribution in [0.2, 0.25) is 0 Å². The van der Waals surface area contributed by atoms with Crippen LogP contribution in [0.3, 0.4) is 0 Å². The number of hydrogen-bond donors (Lipinski definition) is 0. The molecule has 2 aliphatic carbocycles. The van der Waals surface area contributed by atoms with Crippen LogP contribution < -0.4 is 19.3 Å². The maximum absolute atomic E-state index is 13.0. The van der Waals surface area contributed by atoms with Crippen LogP contribution in [0, 0.1) is 29.6 Å². The van der Waals surface area contributed by atoms with Crippen LogP contribution >= 0.6 is 0 Å². The van der Waals surface area contributed by atoms with E-state index in [1.54, 1.807) is 41.3 Å². The van der Waals surface area contributed by atoms with Gasteiger partial charge in [0.1, 0.15) is 11.5 Å². The van der Waals surface area contributed by atoms with Gasteiger partial charge in [-0.3, -0.25) is 24.1 Å². The molecule has 180 valence electrons. The van der Waals surface area contributed by atoms with Crippen LogP contribution in [0.25, 0.3) is 0 Å². The second kappa shape index (κ2) is 8.22. The van der Waals surface area contributed by atoms with Gasteiger partial charge in [-0.05, 0) is 67.5 Å². The molecule has 2 bridgehead atoms. The third-order valence-corrected chi connectivity index (χ3v) is 8.08. The summed E-state index contributed by atoms with van der Waals surface area (Å²) in [6.45, 7) is 0.206. The molecule has 8 nitrogen and oxygen atoms in total. The van der Waals surface area contributed by atoms with Crippen molar-refractivity contribution >= 4 is 35.1 Å². The first kappa shape index (κ1) is 21.8. The van der Waals surface area contributed by atoms with Crippen LogP contribution in [0.1, 0.15) is 25.7 Å². The van der Waals surface area contributed by atoms with Crippen molar-refractivity contribution in [3.05, 3.63) is 48.5 Å². The van der Waals surface area contributed by atoms with Gasteiger partial charge < -0.3 is 14.4 Å². The largest absolute Gasteiger partial charge is 0.495 e. The molecule has 0 radical (unpaired) electrons. The van der Waals surface area contributed by atoms with Crippen LogP contribution in [0.4, 0.5) is 11.4 Å². The van der Waals surface area contributed by atoms with E-state index in [0.717, 1.165) is 19.3 Å². The van der Waals surface area contributed by atoms with Gasteiger partial charge in [-0.1, -0.05) is 12.1 Å². The van der Waals surface area contributed by atoms with Crippen molar-refractivity contribution in [2.75, 3.05) is 23.5 Å². The summed E-state index contributed by atoms with van der Waals surface area (Å²) in [7, 11) is 1.54. The Kier molecular flexibility index (Phi) is 5.12. The second-order valence-corrected chi connectivity index (χ2v) is 9.89. The molecule has 0 N–H and O–H groups in total. The number of amides is 3. The normalized spacial score (nSPS) is 29.2. The lowest BCUT2D eigenvalue weighted by molar-refractivity contribution is -0.139. The molecule has 2 saturated carbocycles. The number of methoxy groups -OCH3 is 1. The van der Waals surface area contributed by atoms with Gasteiger partial charge in [-0.15, -0.1) is 0 Å². The summed E-state index contributed by atoms with van der Waals surface area (Å²) in [6, 6.07) is 13.6. The van der Waals surface area contributed by atoms with Gasteiger partial charge >= 0.3 is 5.97 Å². The minimum absolute atomic E-state index is 0.0524. The van der Waals surface area contributed by atoms with E-state index < -0.39 is 11.9 Å². The van der Waals surface area contributed by atoms with Gasteiger partial charge in [0.15, 0.2) is 0 Å². The number of para-hydroxylation sites is 2. The number of ether oxygens (including phenoxy) is 2. The van der Waals surface area contributed by atoms with Gasteiger partial charge in [0.25, 0.3) is 0 Å². The average Bonchev–Trinajstić information content (AvgIpc) is 3.63. The van der Waals surface area contributed by atoms with Crippen LogP contribution in [0.5, 0.6) is 11.5 Å². The highest BCUT2D eigenvalue weighted by atomic mass is 16.5. The van der Waals surface area contributed by atoms with Gasteiger partial charge in [-0.2, -0.15) is 0 Å². The first-order valence-electron chi connectivity index (χ1n) is 12.1. The molecule has 2 aromatic carbocycles. The van der Waals surface area contributed by atoms with Crippen molar-refractivity contribution in [1.82, 2.24) is 0 Å². The lowest BCUT2D eigenvalue weighted by Gasteiger charge is -2.19. The molecule has 2 heterocycles. The molecular formula is C27H26N2O6. The molecule has 8 heteroatoms. The highest BCUT2D eigenvalue weighted by Crippen LogP contribution is 2.56. The van der Waals surface area contributed by atoms with Crippen LogP contribution in [-0.4, -0.2) is 37.3 Å². The summed E-state index contributed by atoms with van der Waals surface area (Å²) in [6.07, 6.45) is 3.11. The van der Waals surface area contributed by atoms with Gasteiger partial charge in [0.05, 0.1) is 36.2 Å². The molecule has 2 aliphatic heterocycles. The van der Waals surface area contributed by atoms with Crippen molar-refractivity contribution in [3.8, 4) is 11.5 Å². The Morgan fingerprint density at radius 1 is 0.914 bits per heavy atom. The number of hydrogen-bond acceptors (Lipinski definition) is 6.